The molecule has 2 aromatic carbocycles. The maximum Gasteiger partial charge on any atom is 0.260 e. The fourth-order valence-electron chi connectivity index (χ4n) is 5.30. The van der Waals surface area contributed by atoms with Crippen LogP contribution in [0.25, 0.3) is 33.8 Å². The predicted octanol–water partition coefficient (Wildman–Crippen LogP) is 5.77. The van der Waals surface area contributed by atoms with Gasteiger partial charge in [0.05, 0.1) is 25.5 Å². The largest absolute Gasteiger partial charge is 0.493 e. The van der Waals surface area contributed by atoms with Gasteiger partial charge < -0.3 is 24.3 Å². The molecule has 0 radical (unpaired) electrons. The Morgan fingerprint density at radius 3 is 2.41 bits per heavy atom. The highest BCUT2D eigenvalue weighted by molar-refractivity contribution is 5.95. The molecule has 1 fully saturated rings. The fraction of sp³-hybridized carbons (Fsp3) is 0.333. The first-order valence-corrected chi connectivity index (χ1v) is 11.7. The summed E-state index contributed by atoms with van der Waals surface area (Å²) in [5.74, 6) is 3.20. The Morgan fingerprint density at radius 1 is 1.03 bits per heavy atom. The zero-order valence-electron chi connectivity index (χ0n) is 19.9. The quantitative estimate of drug-likeness (QED) is 0.383. The van der Waals surface area contributed by atoms with E-state index in [9.17, 15) is 0 Å². The van der Waals surface area contributed by atoms with Crippen LogP contribution in [0, 0.1) is 6.92 Å². The van der Waals surface area contributed by atoms with E-state index in [1.807, 2.05) is 12.1 Å². The number of nitrogens with two attached hydrogens (primary N) is 1. The van der Waals surface area contributed by atoms with E-state index in [2.05, 4.69) is 47.8 Å². The molecule has 0 spiro atoms. The molecule has 1 aliphatic carbocycles. The van der Waals surface area contributed by atoms with Gasteiger partial charge >= 0.3 is 0 Å². The van der Waals surface area contributed by atoms with Crippen molar-refractivity contribution >= 4 is 5.69 Å². The smallest absolute Gasteiger partial charge is 0.260 e. The lowest BCUT2D eigenvalue weighted by molar-refractivity contribution is 0.354. The molecule has 0 saturated heterocycles. The van der Waals surface area contributed by atoms with Crippen molar-refractivity contribution in [3.63, 3.8) is 0 Å². The van der Waals surface area contributed by atoms with Gasteiger partial charge in [-0.3, -0.25) is 0 Å². The molecule has 7 nitrogen and oxygen atoms in total. The highest BCUT2D eigenvalue weighted by Gasteiger charge is 2.35. The normalized spacial score (nSPS) is 16.8. The van der Waals surface area contributed by atoms with Crippen molar-refractivity contribution in [1.82, 2.24) is 14.7 Å². The van der Waals surface area contributed by atoms with Gasteiger partial charge in [-0.05, 0) is 68.5 Å². The van der Waals surface area contributed by atoms with Gasteiger partial charge in [0.25, 0.3) is 5.89 Å². The van der Waals surface area contributed by atoms with E-state index in [1.54, 1.807) is 14.2 Å². The summed E-state index contributed by atoms with van der Waals surface area (Å²) >= 11 is 0. The van der Waals surface area contributed by atoms with Crippen LogP contribution in [0.3, 0.4) is 0 Å². The Balaban J connectivity index is 1.67. The van der Waals surface area contributed by atoms with E-state index in [1.165, 1.54) is 5.56 Å². The molecule has 2 aromatic heterocycles. The number of fused-ring (bicyclic) bond motifs is 3. The Morgan fingerprint density at radius 2 is 1.74 bits per heavy atom. The lowest BCUT2D eigenvalue weighted by Gasteiger charge is -2.28. The third-order valence-corrected chi connectivity index (χ3v) is 7.07. The topological polar surface area (TPSA) is 88.3 Å². The van der Waals surface area contributed by atoms with Crippen molar-refractivity contribution in [1.29, 1.82) is 0 Å². The Hall–Kier alpha value is -3.74. The average Bonchev–Trinajstić information content (AvgIpc) is 3.49. The highest BCUT2D eigenvalue weighted by atomic mass is 16.5. The van der Waals surface area contributed by atoms with Crippen LogP contribution < -0.4 is 15.2 Å². The zero-order chi connectivity index (χ0) is 23.6. The second kappa shape index (κ2) is 7.65. The van der Waals surface area contributed by atoms with Crippen LogP contribution in [0.1, 0.15) is 48.8 Å². The third-order valence-electron chi connectivity index (χ3n) is 7.07. The summed E-state index contributed by atoms with van der Waals surface area (Å²) in [6.45, 7) is 4.41. The molecule has 1 saturated carbocycles. The molecule has 2 aliphatic rings. The zero-order valence-corrected chi connectivity index (χ0v) is 19.9. The molecule has 1 unspecified atom stereocenters. The van der Waals surface area contributed by atoms with Crippen LogP contribution in [0.15, 0.2) is 40.9 Å². The van der Waals surface area contributed by atoms with Gasteiger partial charge in [-0.2, -0.15) is 4.98 Å². The van der Waals surface area contributed by atoms with Crippen LogP contribution in [-0.4, -0.2) is 28.9 Å². The highest BCUT2D eigenvalue weighted by Crippen LogP contribution is 2.51. The maximum atomic E-state index is 6.01. The standard InChI is InChI=1S/C27H28N4O3/c1-14-11-18-12-21(32-3)22(33-4)13-20(18)25-24(27-29-26(30-34-27)17-5-6-17)23(15(2)31(14)25)16-7-9-19(28)10-8-16/h7-10,12-14,17H,5-6,11,28H2,1-4H3. The Kier molecular flexibility index (Phi) is 4.69. The number of hydrogen-bond acceptors (Lipinski definition) is 6. The van der Waals surface area contributed by atoms with E-state index in [0.717, 1.165) is 70.2 Å². The number of nitrogen functional groups attached to an aromatic ring is 1. The Labute approximate surface area is 198 Å². The van der Waals surface area contributed by atoms with E-state index in [4.69, 9.17) is 24.7 Å². The minimum atomic E-state index is 0.243. The van der Waals surface area contributed by atoms with Gasteiger partial charge in [0, 0.05) is 34.5 Å². The van der Waals surface area contributed by atoms with E-state index in [-0.39, 0.29) is 6.04 Å². The van der Waals surface area contributed by atoms with Gasteiger partial charge in [-0.25, -0.2) is 0 Å². The van der Waals surface area contributed by atoms with E-state index in [0.29, 0.717) is 17.6 Å². The van der Waals surface area contributed by atoms with Gasteiger partial charge in [0.1, 0.15) is 0 Å². The first-order chi connectivity index (χ1) is 16.5. The summed E-state index contributed by atoms with van der Waals surface area (Å²) in [5.41, 5.74) is 14.4. The van der Waals surface area contributed by atoms with E-state index >= 15 is 0 Å². The number of aromatic nitrogens is 3. The monoisotopic (exact) mass is 456 g/mol. The number of ether oxygens (including phenoxy) is 2. The minimum absolute atomic E-state index is 0.243. The van der Waals surface area contributed by atoms with Crippen LogP contribution in [0.2, 0.25) is 0 Å². The molecular weight excluding hydrogens is 428 g/mol. The molecule has 1 aliphatic heterocycles. The summed E-state index contributed by atoms with van der Waals surface area (Å²) in [4.78, 5) is 4.87. The molecule has 2 N–H and O–H groups in total. The van der Waals surface area contributed by atoms with Gasteiger partial charge in [-0.15, -0.1) is 0 Å². The van der Waals surface area contributed by atoms with Crippen molar-refractivity contribution in [3.05, 3.63) is 53.5 Å². The van der Waals surface area contributed by atoms with Crippen molar-refractivity contribution in [3.8, 4) is 45.3 Å². The summed E-state index contributed by atoms with van der Waals surface area (Å²) in [5, 5.41) is 4.34. The summed E-state index contributed by atoms with van der Waals surface area (Å²) in [7, 11) is 3.34. The molecule has 1 atom stereocenters. The molecule has 3 heterocycles. The van der Waals surface area contributed by atoms with Crippen molar-refractivity contribution in [2.75, 3.05) is 20.0 Å². The predicted molar refractivity (Wildman–Crippen MR) is 131 cm³/mol. The SMILES string of the molecule is COc1cc2c(cc1OC)-c1c(-c3nc(C4CC4)no3)c(-c3ccc(N)cc3)c(C)n1C(C)C2. The van der Waals surface area contributed by atoms with Crippen molar-refractivity contribution in [2.24, 2.45) is 0 Å². The molecule has 7 heteroatoms. The first kappa shape index (κ1) is 20.8. The third kappa shape index (κ3) is 3.10. The van der Waals surface area contributed by atoms with Gasteiger partial charge in [-0.1, -0.05) is 17.3 Å². The fourth-order valence-corrected chi connectivity index (χ4v) is 5.30. The molecule has 6 rings (SSSR count). The number of rotatable bonds is 5. The van der Waals surface area contributed by atoms with Crippen molar-refractivity contribution < 1.29 is 14.0 Å². The molecule has 34 heavy (non-hydrogen) atoms. The summed E-state index contributed by atoms with van der Waals surface area (Å²) in [6.07, 6.45) is 3.12. The van der Waals surface area contributed by atoms with E-state index < -0.39 is 0 Å². The number of hydrogen-bond donors (Lipinski definition) is 1. The maximum absolute atomic E-state index is 6.01. The Bertz CT molecular complexity index is 1400. The van der Waals surface area contributed by atoms with Crippen LogP contribution in [0.4, 0.5) is 5.69 Å². The summed E-state index contributed by atoms with van der Waals surface area (Å²) in [6, 6.07) is 12.4. The number of anilines is 1. The minimum Gasteiger partial charge on any atom is -0.493 e. The number of benzene rings is 2. The lowest BCUT2D eigenvalue weighted by atomic mass is 9.91. The summed E-state index contributed by atoms with van der Waals surface area (Å²) < 4.78 is 19.6. The molecule has 0 bridgehead atoms. The molecule has 174 valence electrons. The lowest BCUT2D eigenvalue weighted by Crippen LogP contribution is -2.17. The number of nitrogens with zero attached hydrogens (tertiary/aromatic N) is 3. The van der Waals surface area contributed by atoms with Crippen LogP contribution >= 0.6 is 0 Å². The molecule has 0 amide bonds. The molecule has 4 aromatic rings. The molecular formula is C27H28N4O3. The van der Waals surface area contributed by atoms with Crippen molar-refractivity contribution in [2.45, 2.75) is 45.1 Å². The second-order valence-corrected chi connectivity index (χ2v) is 9.33. The van der Waals surface area contributed by atoms with Gasteiger partial charge in [0.2, 0.25) is 0 Å². The van der Waals surface area contributed by atoms with Crippen LogP contribution in [0.5, 0.6) is 11.5 Å². The van der Waals surface area contributed by atoms with Crippen LogP contribution in [-0.2, 0) is 6.42 Å². The number of methoxy groups -OCH3 is 2. The second-order valence-electron chi connectivity index (χ2n) is 9.33. The average molecular weight is 457 g/mol. The first-order valence-electron chi connectivity index (χ1n) is 11.7. The van der Waals surface area contributed by atoms with Gasteiger partial charge in [0.15, 0.2) is 17.3 Å².